The second-order valence-corrected chi connectivity index (χ2v) is 8.87. The first-order valence-corrected chi connectivity index (χ1v) is 10.9. The van der Waals surface area contributed by atoms with Gasteiger partial charge in [-0.3, -0.25) is 4.90 Å². The van der Waals surface area contributed by atoms with Crippen LogP contribution in [0.3, 0.4) is 0 Å². The van der Waals surface area contributed by atoms with Crippen LogP contribution in [0.25, 0.3) is 0 Å². The van der Waals surface area contributed by atoms with Crippen molar-refractivity contribution < 1.29 is 0 Å². The van der Waals surface area contributed by atoms with Gasteiger partial charge in [0, 0.05) is 22.0 Å². The average Bonchev–Trinajstić information content (AvgIpc) is 2.73. The molecule has 28 heavy (non-hydrogen) atoms. The van der Waals surface area contributed by atoms with Crippen molar-refractivity contribution in [3.63, 3.8) is 0 Å². The molecule has 3 heteroatoms. The standard InChI is InChI=1S/C25H28N2S/c1-19-7-10-22(26)17-25(19)21-13-15-27(16-14-21)18-20-8-11-24(12-9-20)28-23-5-3-2-4-6-23/h2-12,17,21H,13-16,18,26H2,1H3. The zero-order valence-corrected chi connectivity index (χ0v) is 17.3. The van der Waals surface area contributed by atoms with Crippen LogP contribution >= 0.6 is 11.8 Å². The molecule has 0 aliphatic carbocycles. The van der Waals surface area contributed by atoms with E-state index in [-0.39, 0.29) is 0 Å². The van der Waals surface area contributed by atoms with Gasteiger partial charge in [-0.15, -0.1) is 0 Å². The third-order valence-electron chi connectivity index (χ3n) is 5.64. The molecule has 1 aliphatic rings. The van der Waals surface area contributed by atoms with E-state index in [0.717, 1.165) is 25.3 Å². The second-order valence-electron chi connectivity index (χ2n) is 7.73. The quantitative estimate of drug-likeness (QED) is 0.535. The van der Waals surface area contributed by atoms with Gasteiger partial charge in [0.15, 0.2) is 0 Å². The molecule has 0 unspecified atom stereocenters. The molecule has 144 valence electrons. The van der Waals surface area contributed by atoms with Crippen LogP contribution in [0.2, 0.25) is 0 Å². The van der Waals surface area contributed by atoms with E-state index in [1.165, 1.54) is 39.3 Å². The van der Waals surface area contributed by atoms with E-state index < -0.39 is 0 Å². The molecule has 3 aromatic rings. The molecule has 0 radical (unpaired) electrons. The lowest BCUT2D eigenvalue weighted by molar-refractivity contribution is 0.204. The molecular weight excluding hydrogens is 360 g/mol. The third-order valence-corrected chi connectivity index (χ3v) is 6.65. The molecule has 1 aliphatic heterocycles. The van der Waals surface area contributed by atoms with E-state index in [1.54, 1.807) is 0 Å². The van der Waals surface area contributed by atoms with Crippen molar-refractivity contribution >= 4 is 17.4 Å². The molecule has 3 aromatic carbocycles. The molecule has 1 fully saturated rings. The van der Waals surface area contributed by atoms with Gasteiger partial charge in [0.05, 0.1) is 0 Å². The summed E-state index contributed by atoms with van der Waals surface area (Å²) in [5, 5.41) is 0. The molecule has 0 bridgehead atoms. The van der Waals surface area contributed by atoms with Crippen molar-refractivity contribution in [2.45, 2.75) is 42.0 Å². The molecule has 0 amide bonds. The van der Waals surface area contributed by atoms with E-state index in [2.05, 4.69) is 78.6 Å². The molecule has 4 rings (SSSR count). The number of aryl methyl sites for hydroxylation is 1. The van der Waals surface area contributed by atoms with Gasteiger partial charge in [0.1, 0.15) is 0 Å². The maximum Gasteiger partial charge on any atom is 0.0317 e. The Hall–Kier alpha value is -2.23. The van der Waals surface area contributed by atoms with Gasteiger partial charge in [-0.05, 0) is 91.9 Å². The Bertz CT molecular complexity index is 898. The molecule has 2 N–H and O–H groups in total. The fraction of sp³-hybridized carbons (Fsp3) is 0.280. The molecule has 0 saturated carbocycles. The summed E-state index contributed by atoms with van der Waals surface area (Å²) in [7, 11) is 0. The number of rotatable bonds is 5. The van der Waals surface area contributed by atoms with Crippen molar-refractivity contribution in [2.75, 3.05) is 18.8 Å². The minimum absolute atomic E-state index is 0.643. The van der Waals surface area contributed by atoms with Crippen LogP contribution in [0.4, 0.5) is 5.69 Å². The number of nitrogens with two attached hydrogens (primary N) is 1. The zero-order valence-electron chi connectivity index (χ0n) is 16.5. The highest BCUT2D eigenvalue weighted by atomic mass is 32.2. The Morgan fingerprint density at radius 2 is 1.57 bits per heavy atom. The first-order valence-electron chi connectivity index (χ1n) is 10.1. The third kappa shape index (κ3) is 4.78. The van der Waals surface area contributed by atoms with Crippen molar-refractivity contribution in [1.82, 2.24) is 4.90 Å². The summed E-state index contributed by atoms with van der Waals surface area (Å²) < 4.78 is 0. The minimum Gasteiger partial charge on any atom is -0.399 e. The summed E-state index contributed by atoms with van der Waals surface area (Å²) in [5.74, 6) is 0.643. The van der Waals surface area contributed by atoms with Crippen molar-refractivity contribution in [2.24, 2.45) is 0 Å². The van der Waals surface area contributed by atoms with Crippen molar-refractivity contribution in [3.8, 4) is 0 Å². The number of piperidine rings is 1. The highest BCUT2D eigenvalue weighted by Crippen LogP contribution is 2.32. The lowest BCUT2D eigenvalue weighted by atomic mass is 9.86. The number of nitrogen functional groups attached to an aromatic ring is 1. The molecule has 0 atom stereocenters. The fourth-order valence-electron chi connectivity index (χ4n) is 4.05. The lowest BCUT2D eigenvalue weighted by Crippen LogP contribution is -2.32. The molecule has 0 spiro atoms. The first kappa shape index (κ1) is 19.1. The Labute approximate surface area is 172 Å². The highest BCUT2D eigenvalue weighted by Gasteiger charge is 2.22. The van der Waals surface area contributed by atoms with Crippen LogP contribution < -0.4 is 5.73 Å². The summed E-state index contributed by atoms with van der Waals surface area (Å²) in [6, 6.07) is 25.9. The monoisotopic (exact) mass is 388 g/mol. The molecular formula is C25H28N2S. The molecule has 2 nitrogen and oxygen atoms in total. The minimum atomic E-state index is 0.643. The predicted molar refractivity (Wildman–Crippen MR) is 120 cm³/mol. The smallest absolute Gasteiger partial charge is 0.0317 e. The van der Waals surface area contributed by atoms with Crippen molar-refractivity contribution in [3.05, 3.63) is 89.5 Å². The number of likely N-dealkylation sites (tertiary alicyclic amines) is 1. The van der Waals surface area contributed by atoms with Crippen LogP contribution in [-0.2, 0) is 6.54 Å². The van der Waals surface area contributed by atoms with Crippen LogP contribution in [0.5, 0.6) is 0 Å². The van der Waals surface area contributed by atoms with E-state index in [0.29, 0.717) is 5.92 Å². The summed E-state index contributed by atoms with van der Waals surface area (Å²) >= 11 is 1.82. The summed E-state index contributed by atoms with van der Waals surface area (Å²) in [6.07, 6.45) is 2.43. The summed E-state index contributed by atoms with van der Waals surface area (Å²) in [6.45, 7) is 5.55. The summed E-state index contributed by atoms with van der Waals surface area (Å²) in [5.41, 5.74) is 11.1. The maximum atomic E-state index is 6.01. The van der Waals surface area contributed by atoms with Crippen LogP contribution in [0, 0.1) is 6.92 Å². The Kier molecular flexibility index (Phi) is 6.04. The Morgan fingerprint density at radius 3 is 2.29 bits per heavy atom. The summed E-state index contributed by atoms with van der Waals surface area (Å²) in [4.78, 5) is 5.16. The van der Waals surface area contributed by atoms with Gasteiger partial charge in [-0.2, -0.15) is 0 Å². The van der Waals surface area contributed by atoms with Crippen LogP contribution in [0.15, 0.2) is 82.6 Å². The van der Waals surface area contributed by atoms with Gasteiger partial charge < -0.3 is 5.73 Å². The predicted octanol–water partition coefficient (Wildman–Crippen LogP) is 6.11. The Balaban J connectivity index is 1.31. The van der Waals surface area contributed by atoms with Gasteiger partial charge in [0.2, 0.25) is 0 Å². The zero-order chi connectivity index (χ0) is 19.3. The molecule has 0 aromatic heterocycles. The van der Waals surface area contributed by atoms with Crippen LogP contribution in [-0.4, -0.2) is 18.0 Å². The van der Waals surface area contributed by atoms with E-state index >= 15 is 0 Å². The number of hydrogen-bond acceptors (Lipinski definition) is 3. The average molecular weight is 389 g/mol. The second kappa shape index (κ2) is 8.85. The molecule has 1 saturated heterocycles. The van der Waals surface area contributed by atoms with E-state index in [1.807, 2.05) is 17.8 Å². The van der Waals surface area contributed by atoms with E-state index in [4.69, 9.17) is 5.73 Å². The number of nitrogens with zero attached hydrogens (tertiary/aromatic N) is 1. The van der Waals surface area contributed by atoms with Gasteiger partial charge >= 0.3 is 0 Å². The molecule has 1 heterocycles. The fourth-order valence-corrected chi connectivity index (χ4v) is 4.88. The number of benzene rings is 3. The number of anilines is 1. The largest absolute Gasteiger partial charge is 0.399 e. The van der Waals surface area contributed by atoms with Crippen LogP contribution in [0.1, 0.15) is 35.4 Å². The maximum absolute atomic E-state index is 6.01. The van der Waals surface area contributed by atoms with Gasteiger partial charge in [-0.25, -0.2) is 0 Å². The first-order chi connectivity index (χ1) is 13.7. The van der Waals surface area contributed by atoms with Gasteiger partial charge in [0.25, 0.3) is 0 Å². The SMILES string of the molecule is Cc1ccc(N)cc1C1CCN(Cc2ccc(Sc3ccccc3)cc2)CC1. The van der Waals surface area contributed by atoms with Crippen molar-refractivity contribution in [1.29, 1.82) is 0 Å². The number of hydrogen-bond donors (Lipinski definition) is 1. The topological polar surface area (TPSA) is 29.3 Å². The van der Waals surface area contributed by atoms with E-state index in [9.17, 15) is 0 Å². The normalized spacial score (nSPS) is 15.6. The highest BCUT2D eigenvalue weighted by molar-refractivity contribution is 7.99. The lowest BCUT2D eigenvalue weighted by Gasteiger charge is -2.33. The Morgan fingerprint density at radius 1 is 0.893 bits per heavy atom. The van der Waals surface area contributed by atoms with Gasteiger partial charge in [-0.1, -0.05) is 48.2 Å².